The van der Waals surface area contributed by atoms with Crippen LogP contribution in [-0.4, -0.2) is 6.54 Å². The predicted molar refractivity (Wildman–Crippen MR) is 163 cm³/mol. The minimum atomic E-state index is 0.534. The fourth-order valence-electron chi connectivity index (χ4n) is 5.46. The number of hydrogen-bond donors (Lipinski definition) is 1. The molecule has 0 radical (unpaired) electrons. The first-order valence-corrected chi connectivity index (χ1v) is 14.3. The first kappa shape index (κ1) is 31.7. The molecule has 0 amide bonds. The average Bonchev–Trinajstić information content (AvgIpc) is 3.41. The maximum Gasteiger partial charge on any atom is 0.0147 e. The number of allylic oxidation sites excluding steroid dienone is 6. The van der Waals surface area contributed by atoms with Gasteiger partial charge in [-0.05, 0) is 95.4 Å². The molecule has 200 valence electrons. The molecule has 1 fully saturated rings. The van der Waals surface area contributed by atoms with Crippen LogP contribution >= 0.6 is 0 Å². The van der Waals surface area contributed by atoms with E-state index >= 15 is 0 Å². The van der Waals surface area contributed by atoms with Gasteiger partial charge in [-0.3, -0.25) is 0 Å². The normalized spacial score (nSPS) is 18.2. The van der Waals surface area contributed by atoms with Crippen LogP contribution in [0.2, 0.25) is 0 Å². The Kier molecular flexibility index (Phi) is 15.9. The van der Waals surface area contributed by atoms with Crippen molar-refractivity contribution in [2.75, 3.05) is 6.54 Å². The molecule has 1 aromatic rings. The van der Waals surface area contributed by atoms with E-state index in [9.17, 15) is 0 Å². The second-order valence-corrected chi connectivity index (χ2v) is 10.7. The molecular weight excluding hydrogens is 434 g/mol. The average molecular weight is 490 g/mol. The molecule has 3 rings (SSSR count). The Bertz CT molecular complexity index is 848. The van der Waals surface area contributed by atoms with Crippen LogP contribution in [0.1, 0.15) is 111 Å². The molecule has 0 bridgehead atoms. The van der Waals surface area contributed by atoms with Crippen molar-refractivity contribution in [3.63, 3.8) is 0 Å². The van der Waals surface area contributed by atoms with Gasteiger partial charge in [-0.15, -0.1) is 0 Å². The summed E-state index contributed by atoms with van der Waals surface area (Å²) in [4.78, 5) is 0. The van der Waals surface area contributed by atoms with Gasteiger partial charge in [0, 0.05) is 12.5 Å². The highest BCUT2D eigenvalue weighted by molar-refractivity contribution is 5.37. The molecule has 1 nitrogen and oxygen atoms in total. The summed E-state index contributed by atoms with van der Waals surface area (Å²) in [5.41, 5.74) is 8.74. The van der Waals surface area contributed by atoms with E-state index in [1.165, 1.54) is 79.2 Å². The van der Waals surface area contributed by atoms with Crippen LogP contribution < -0.4 is 5.32 Å². The van der Waals surface area contributed by atoms with Crippen molar-refractivity contribution in [2.45, 2.75) is 105 Å². The lowest BCUT2D eigenvalue weighted by Gasteiger charge is -2.26. The molecule has 0 heterocycles. The molecule has 1 aromatic carbocycles. The van der Waals surface area contributed by atoms with Gasteiger partial charge in [-0.2, -0.15) is 0 Å². The SMILES string of the molecule is C=C(C)C(CC)c1ccccc1.C=C(C)C1CCCC1.C=CNCCC1CC=C(C)C(C)=C1CCC. The number of hydrogen-bond acceptors (Lipinski definition) is 1. The minimum absolute atomic E-state index is 0.534. The quantitative estimate of drug-likeness (QED) is 0.254. The van der Waals surface area contributed by atoms with Crippen molar-refractivity contribution in [1.82, 2.24) is 5.32 Å². The molecule has 36 heavy (non-hydrogen) atoms. The summed E-state index contributed by atoms with van der Waals surface area (Å²) in [6.45, 7) is 25.9. The first-order chi connectivity index (χ1) is 17.3. The Morgan fingerprint density at radius 2 is 1.69 bits per heavy atom. The van der Waals surface area contributed by atoms with E-state index in [1.54, 1.807) is 11.8 Å². The van der Waals surface area contributed by atoms with Crippen LogP contribution in [0, 0.1) is 11.8 Å². The Morgan fingerprint density at radius 1 is 1.06 bits per heavy atom. The standard InChI is InChI=1S/C15H25N.C12H16.C8H14/c1-5-7-15-13(4)12(3)8-9-14(15)10-11-16-6-2;1-4-12(10(2)3)11-8-6-5-7-9-11;1-7(2)8-5-3-4-6-8/h6,8,14,16H,2,5,7,9-11H2,1,3-4H3;5-9,12H,2,4H2,1,3H3;8H,1,3-6H2,2H3. The van der Waals surface area contributed by atoms with Crippen molar-refractivity contribution in [2.24, 2.45) is 11.8 Å². The Hall–Kier alpha value is -2.28. The van der Waals surface area contributed by atoms with Gasteiger partial charge in [0.15, 0.2) is 0 Å². The van der Waals surface area contributed by atoms with E-state index in [2.05, 4.69) is 103 Å². The van der Waals surface area contributed by atoms with Crippen molar-refractivity contribution in [3.8, 4) is 0 Å². The Labute approximate surface area is 224 Å². The molecule has 1 saturated carbocycles. The molecule has 2 atom stereocenters. The number of rotatable bonds is 10. The highest BCUT2D eigenvalue weighted by Gasteiger charge is 2.19. The van der Waals surface area contributed by atoms with Crippen LogP contribution in [0.25, 0.3) is 0 Å². The van der Waals surface area contributed by atoms with Crippen LogP contribution in [0.5, 0.6) is 0 Å². The van der Waals surface area contributed by atoms with E-state index in [-0.39, 0.29) is 0 Å². The summed E-state index contributed by atoms with van der Waals surface area (Å²) in [5, 5.41) is 3.20. The van der Waals surface area contributed by atoms with E-state index in [4.69, 9.17) is 0 Å². The van der Waals surface area contributed by atoms with Gasteiger partial charge in [0.2, 0.25) is 0 Å². The molecule has 0 aliphatic heterocycles. The van der Waals surface area contributed by atoms with E-state index in [0.717, 1.165) is 24.8 Å². The van der Waals surface area contributed by atoms with Crippen LogP contribution in [0.3, 0.4) is 0 Å². The van der Waals surface area contributed by atoms with Gasteiger partial charge in [0.25, 0.3) is 0 Å². The molecule has 2 aliphatic carbocycles. The molecular formula is C35H55N. The monoisotopic (exact) mass is 489 g/mol. The molecule has 0 aromatic heterocycles. The minimum Gasteiger partial charge on any atom is -0.391 e. The molecule has 0 saturated heterocycles. The zero-order valence-electron chi connectivity index (χ0n) is 24.5. The Morgan fingerprint density at radius 3 is 2.17 bits per heavy atom. The lowest BCUT2D eigenvalue weighted by atomic mass is 9.80. The highest BCUT2D eigenvalue weighted by atomic mass is 14.8. The molecule has 0 spiro atoms. The fraction of sp³-hybridized carbons (Fsp3) is 0.543. The third kappa shape index (κ3) is 11.2. The number of benzene rings is 1. The van der Waals surface area contributed by atoms with Crippen molar-refractivity contribution >= 4 is 0 Å². The first-order valence-electron chi connectivity index (χ1n) is 14.3. The summed E-state index contributed by atoms with van der Waals surface area (Å²) < 4.78 is 0. The van der Waals surface area contributed by atoms with Crippen LogP contribution in [0.15, 0.2) is 90.2 Å². The van der Waals surface area contributed by atoms with Crippen molar-refractivity contribution in [1.29, 1.82) is 0 Å². The van der Waals surface area contributed by atoms with Crippen molar-refractivity contribution < 1.29 is 0 Å². The van der Waals surface area contributed by atoms with E-state index in [0.29, 0.717) is 5.92 Å². The largest absolute Gasteiger partial charge is 0.391 e. The summed E-state index contributed by atoms with van der Waals surface area (Å²) in [6.07, 6.45) is 15.9. The van der Waals surface area contributed by atoms with Gasteiger partial charge in [-0.1, -0.05) is 112 Å². The fourth-order valence-corrected chi connectivity index (χ4v) is 5.46. The summed E-state index contributed by atoms with van der Waals surface area (Å²) >= 11 is 0. The van der Waals surface area contributed by atoms with E-state index < -0.39 is 0 Å². The van der Waals surface area contributed by atoms with Gasteiger partial charge in [0.1, 0.15) is 0 Å². The second kappa shape index (κ2) is 18.0. The van der Waals surface area contributed by atoms with Crippen molar-refractivity contribution in [3.05, 3.63) is 95.8 Å². The van der Waals surface area contributed by atoms with Gasteiger partial charge in [0.05, 0.1) is 0 Å². The zero-order chi connectivity index (χ0) is 26.9. The summed E-state index contributed by atoms with van der Waals surface area (Å²) in [5.74, 6) is 2.15. The maximum atomic E-state index is 4.00. The lowest BCUT2D eigenvalue weighted by Crippen LogP contribution is -2.17. The van der Waals surface area contributed by atoms with Gasteiger partial charge >= 0.3 is 0 Å². The predicted octanol–water partition coefficient (Wildman–Crippen LogP) is 10.7. The summed E-state index contributed by atoms with van der Waals surface area (Å²) in [7, 11) is 0. The van der Waals surface area contributed by atoms with Gasteiger partial charge < -0.3 is 5.32 Å². The molecule has 2 aliphatic rings. The Balaban J connectivity index is 0.000000285. The number of nitrogens with one attached hydrogen (secondary N) is 1. The molecule has 1 heteroatoms. The second-order valence-electron chi connectivity index (χ2n) is 10.7. The van der Waals surface area contributed by atoms with Gasteiger partial charge in [-0.25, -0.2) is 0 Å². The zero-order valence-corrected chi connectivity index (χ0v) is 24.5. The summed E-state index contributed by atoms with van der Waals surface area (Å²) in [6, 6.07) is 10.6. The molecule has 1 N–H and O–H groups in total. The van der Waals surface area contributed by atoms with E-state index in [1.807, 2.05) is 0 Å². The lowest BCUT2D eigenvalue weighted by molar-refractivity contribution is 0.521. The highest BCUT2D eigenvalue weighted by Crippen LogP contribution is 2.34. The van der Waals surface area contributed by atoms with Crippen LogP contribution in [0.4, 0.5) is 0 Å². The third-order valence-electron chi connectivity index (χ3n) is 7.83. The topological polar surface area (TPSA) is 12.0 Å². The maximum absolute atomic E-state index is 4.00. The van der Waals surface area contributed by atoms with Crippen LogP contribution in [-0.2, 0) is 0 Å². The molecule has 2 unspecified atom stereocenters. The smallest absolute Gasteiger partial charge is 0.0147 e. The third-order valence-corrected chi connectivity index (χ3v) is 7.83.